The summed E-state index contributed by atoms with van der Waals surface area (Å²) in [6.07, 6.45) is 0. The van der Waals surface area contributed by atoms with Crippen LogP contribution in [0.15, 0.2) is 66.3 Å². The fourth-order valence-electron chi connectivity index (χ4n) is 2.75. The van der Waals surface area contributed by atoms with Crippen molar-refractivity contribution in [3.63, 3.8) is 0 Å². The summed E-state index contributed by atoms with van der Waals surface area (Å²) < 4.78 is 15.9. The second-order valence-electron chi connectivity index (χ2n) is 5.72. The average Bonchev–Trinajstić information content (AvgIpc) is 2.96. The van der Waals surface area contributed by atoms with Crippen LogP contribution in [-0.2, 0) is 0 Å². The molecule has 0 saturated heterocycles. The number of methoxy groups -OCH3 is 1. The van der Waals surface area contributed by atoms with E-state index >= 15 is 0 Å². The van der Waals surface area contributed by atoms with Crippen molar-refractivity contribution in [3.8, 4) is 11.5 Å². The minimum Gasteiger partial charge on any atom is -0.502 e. The summed E-state index contributed by atoms with van der Waals surface area (Å²) in [6, 6.07) is 11.8. The van der Waals surface area contributed by atoms with Gasteiger partial charge in [-0.3, -0.25) is 0 Å². The molecule has 26 heavy (non-hydrogen) atoms. The number of rotatable bonds is 3. The van der Waals surface area contributed by atoms with Crippen LogP contribution in [0.25, 0.3) is 21.9 Å². The zero-order valence-electron chi connectivity index (χ0n) is 14.0. The first kappa shape index (κ1) is 15.9. The van der Waals surface area contributed by atoms with E-state index in [1.807, 2.05) is 0 Å². The van der Waals surface area contributed by atoms with Crippen LogP contribution in [0, 0.1) is 6.92 Å². The van der Waals surface area contributed by atoms with Crippen molar-refractivity contribution in [1.29, 1.82) is 0 Å². The third-order valence-electron chi connectivity index (χ3n) is 4.06. The molecule has 0 bridgehead atoms. The summed E-state index contributed by atoms with van der Waals surface area (Å²) in [7, 11) is 1.58. The van der Waals surface area contributed by atoms with E-state index in [1.54, 1.807) is 50.4 Å². The lowest BCUT2D eigenvalue weighted by Gasteiger charge is -2.00. The maximum Gasteiger partial charge on any atom is 0.336 e. The molecule has 0 fully saturated rings. The fourth-order valence-corrected chi connectivity index (χ4v) is 2.75. The van der Waals surface area contributed by atoms with Gasteiger partial charge in [0, 0.05) is 11.5 Å². The van der Waals surface area contributed by atoms with Gasteiger partial charge >= 0.3 is 5.63 Å². The zero-order chi connectivity index (χ0) is 18.3. The number of nitrogens with zero attached hydrogens (tertiary/aromatic N) is 2. The molecule has 0 aliphatic rings. The van der Waals surface area contributed by atoms with Crippen LogP contribution in [-0.4, -0.2) is 12.2 Å². The highest BCUT2D eigenvalue weighted by Crippen LogP contribution is 2.42. The molecule has 0 atom stereocenters. The molecule has 0 amide bonds. The lowest BCUT2D eigenvalue weighted by atomic mass is 10.1. The predicted octanol–water partition coefficient (Wildman–Crippen LogP) is 4.98. The molecule has 130 valence electrons. The Balaban J connectivity index is 1.83. The van der Waals surface area contributed by atoms with E-state index in [9.17, 15) is 9.90 Å². The maximum absolute atomic E-state index is 11.7. The number of azo groups is 1. The SMILES string of the molecule is COc1ccc(N=Nc2oc3ccc4c(C)cc(=O)oc4c3c2O)cc1. The largest absolute Gasteiger partial charge is 0.502 e. The quantitative estimate of drug-likeness (QED) is 0.415. The maximum atomic E-state index is 11.7. The monoisotopic (exact) mass is 350 g/mol. The number of fused-ring (bicyclic) bond motifs is 3. The molecule has 0 aliphatic carbocycles. The highest BCUT2D eigenvalue weighted by atomic mass is 16.5. The van der Waals surface area contributed by atoms with E-state index in [-0.39, 0.29) is 17.2 Å². The summed E-state index contributed by atoms with van der Waals surface area (Å²) in [6.45, 7) is 1.80. The Bertz CT molecular complexity index is 1200. The van der Waals surface area contributed by atoms with Crippen LogP contribution in [0.1, 0.15) is 5.56 Å². The second-order valence-corrected chi connectivity index (χ2v) is 5.72. The van der Waals surface area contributed by atoms with Crippen molar-refractivity contribution >= 4 is 33.5 Å². The predicted molar refractivity (Wildman–Crippen MR) is 95.8 cm³/mol. The van der Waals surface area contributed by atoms with Gasteiger partial charge in [0.15, 0.2) is 11.3 Å². The molecule has 7 heteroatoms. The molecular formula is C19H14N2O5. The normalized spacial score (nSPS) is 11.6. The molecule has 2 aromatic carbocycles. The first-order valence-corrected chi connectivity index (χ1v) is 7.81. The number of ether oxygens (including phenoxy) is 1. The number of furan rings is 1. The van der Waals surface area contributed by atoms with Gasteiger partial charge in [0.25, 0.3) is 5.88 Å². The molecule has 0 unspecified atom stereocenters. The fraction of sp³-hybridized carbons (Fsp3) is 0.105. The molecular weight excluding hydrogens is 336 g/mol. The highest BCUT2D eigenvalue weighted by Gasteiger charge is 2.18. The minimum absolute atomic E-state index is 0.0625. The van der Waals surface area contributed by atoms with E-state index in [2.05, 4.69) is 10.2 Å². The second kappa shape index (κ2) is 6.03. The first-order valence-electron chi connectivity index (χ1n) is 7.81. The van der Waals surface area contributed by atoms with E-state index in [0.717, 1.165) is 5.56 Å². The summed E-state index contributed by atoms with van der Waals surface area (Å²) >= 11 is 0. The Hall–Kier alpha value is -3.61. The van der Waals surface area contributed by atoms with Gasteiger partial charge in [-0.1, -0.05) is 0 Å². The third kappa shape index (κ3) is 2.59. The van der Waals surface area contributed by atoms with Gasteiger partial charge in [0.05, 0.1) is 12.8 Å². The van der Waals surface area contributed by atoms with E-state index in [1.165, 1.54) is 6.07 Å². The molecule has 4 rings (SSSR count). The van der Waals surface area contributed by atoms with Crippen molar-refractivity contribution in [2.24, 2.45) is 10.2 Å². The minimum atomic E-state index is -0.496. The Morgan fingerprint density at radius 1 is 1.04 bits per heavy atom. The van der Waals surface area contributed by atoms with Gasteiger partial charge in [0.1, 0.15) is 16.7 Å². The number of hydrogen-bond acceptors (Lipinski definition) is 7. The zero-order valence-corrected chi connectivity index (χ0v) is 14.0. The van der Waals surface area contributed by atoms with Gasteiger partial charge < -0.3 is 18.7 Å². The number of hydrogen-bond donors (Lipinski definition) is 1. The molecule has 4 aromatic rings. The summed E-state index contributed by atoms with van der Waals surface area (Å²) in [4.78, 5) is 11.7. The van der Waals surface area contributed by atoms with Gasteiger partial charge in [0.2, 0.25) is 0 Å². The Labute approximate surface area is 147 Å². The molecule has 0 aliphatic heterocycles. The summed E-state index contributed by atoms with van der Waals surface area (Å²) in [5, 5.41) is 19.5. The van der Waals surface area contributed by atoms with Gasteiger partial charge in [-0.15, -0.1) is 10.2 Å². The number of benzene rings is 2. The number of aromatic hydroxyl groups is 1. The number of aryl methyl sites for hydroxylation is 1. The lowest BCUT2D eigenvalue weighted by Crippen LogP contribution is -1.97. The van der Waals surface area contributed by atoms with Gasteiger partial charge in [-0.25, -0.2) is 4.79 Å². The van der Waals surface area contributed by atoms with Crippen LogP contribution in [0.2, 0.25) is 0 Å². The van der Waals surface area contributed by atoms with Crippen LogP contribution in [0.4, 0.5) is 11.6 Å². The molecule has 2 aromatic heterocycles. The Morgan fingerprint density at radius 3 is 2.54 bits per heavy atom. The molecule has 2 heterocycles. The van der Waals surface area contributed by atoms with Crippen LogP contribution in [0.5, 0.6) is 11.5 Å². The molecule has 0 spiro atoms. The van der Waals surface area contributed by atoms with Crippen molar-refractivity contribution in [1.82, 2.24) is 0 Å². The topological polar surface area (TPSA) is 97.5 Å². The molecule has 0 saturated carbocycles. The van der Waals surface area contributed by atoms with Crippen molar-refractivity contribution < 1.29 is 18.7 Å². The Morgan fingerprint density at radius 2 is 1.81 bits per heavy atom. The smallest absolute Gasteiger partial charge is 0.336 e. The van der Waals surface area contributed by atoms with Gasteiger partial charge in [-0.05, 0) is 48.9 Å². The van der Waals surface area contributed by atoms with Crippen LogP contribution in [0.3, 0.4) is 0 Å². The summed E-state index contributed by atoms with van der Waals surface area (Å²) in [5.41, 5.74) is 1.44. The average molecular weight is 350 g/mol. The van der Waals surface area contributed by atoms with Crippen molar-refractivity contribution in [2.45, 2.75) is 6.92 Å². The van der Waals surface area contributed by atoms with Crippen LogP contribution >= 0.6 is 0 Å². The Kier molecular flexibility index (Phi) is 3.69. The highest BCUT2D eigenvalue weighted by molar-refractivity contribution is 6.08. The van der Waals surface area contributed by atoms with Gasteiger partial charge in [-0.2, -0.15) is 0 Å². The molecule has 7 nitrogen and oxygen atoms in total. The third-order valence-corrected chi connectivity index (χ3v) is 4.06. The van der Waals surface area contributed by atoms with Crippen molar-refractivity contribution in [3.05, 3.63) is 58.4 Å². The van der Waals surface area contributed by atoms with E-state index in [0.29, 0.717) is 27.8 Å². The molecule has 0 radical (unpaired) electrons. The van der Waals surface area contributed by atoms with Crippen molar-refractivity contribution in [2.75, 3.05) is 7.11 Å². The van der Waals surface area contributed by atoms with E-state index in [4.69, 9.17) is 13.6 Å². The van der Waals surface area contributed by atoms with Crippen LogP contribution < -0.4 is 10.4 Å². The van der Waals surface area contributed by atoms with E-state index < -0.39 is 5.63 Å². The standard InChI is InChI=1S/C19H14N2O5/c1-10-9-15(22)26-18-13(10)7-8-14-16(18)17(23)19(25-14)21-20-11-3-5-12(24-2)6-4-11/h3-9,23H,1-2H3. The summed E-state index contributed by atoms with van der Waals surface area (Å²) in [5.74, 6) is 0.413. The first-order chi connectivity index (χ1) is 12.6. The molecule has 1 N–H and O–H groups in total. The lowest BCUT2D eigenvalue weighted by molar-refractivity contribution is 0.415.